The molecule has 1 saturated heterocycles. The van der Waals surface area contributed by atoms with Crippen molar-refractivity contribution in [3.8, 4) is 0 Å². The molecule has 1 rings (SSSR count). The second-order valence-electron chi connectivity index (χ2n) is 12.4. The molecule has 42 heavy (non-hydrogen) atoms. The molecular weight excluding hydrogens is 538 g/mol. The van der Waals surface area contributed by atoms with Crippen molar-refractivity contribution in [2.24, 2.45) is 47.2 Å². The van der Waals surface area contributed by atoms with Crippen LogP contribution < -0.4 is 5.73 Å². The Balaban J connectivity index is 2.76. The fourth-order valence-corrected chi connectivity index (χ4v) is 5.80. The number of aliphatic hydroxyl groups is 4. The molecule has 0 aromatic rings. The number of hydrogen-bond donors (Lipinski definition) is 5. The molecule has 0 unspecified atom stereocenters. The highest BCUT2D eigenvalue weighted by Crippen LogP contribution is 2.30. The van der Waals surface area contributed by atoms with Gasteiger partial charge in [0.15, 0.2) is 0 Å². The number of nitrogens with two attached hydrogens (primary N) is 1. The predicted molar refractivity (Wildman–Crippen MR) is 164 cm³/mol. The minimum atomic E-state index is -0.894. The number of hydrogen-bond acceptors (Lipinski definition) is 8. The van der Waals surface area contributed by atoms with Gasteiger partial charge in [-0.1, -0.05) is 90.2 Å². The highest BCUT2D eigenvalue weighted by molar-refractivity contribution is 5.73. The number of amides is 1. The van der Waals surface area contributed by atoms with E-state index >= 15 is 0 Å². The molecule has 1 heterocycles. The van der Waals surface area contributed by atoms with E-state index in [1.165, 1.54) is 0 Å². The van der Waals surface area contributed by atoms with Crippen LogP contribution >= 0.6 is 0 Å². The summed E-state index contributed by atoms with van der Waals surface area (Å²) in [6, 6.07) is 0. The summed E-state index contributed by atoms with van der Waals surface area (Å²) in [7, 11) is 0. The average molecular weight is 594 g/mol. The van der Waals surface area contributed by atoms with Gasteiger partial charge in [0, 0.05) is 36.0 Å². The number of carbonyl (C=O) groups excluding carboxylic acids is 2. The molecule has 1 aliphatic heterocycles. The van der Waals surface area contributed by atoms with Crippen LogP contribution in [-0.4, -0.2) is 69.1 Å². The Labute approximate surface area is 252 Å². The van der Waals surface area contributed by atoms with E-state index < -0.39 is 54.6 Å². The Morgan fingerprint density at radius 3 is 2.21 bits per heavy atom. The van der Waals surface area contributed by atoms with Gasteiger partial charge in [0.25, 0.3) is 0 Å². The lowest BCUT2D eigenvalue weighted by atomic mass is 9.81. The summed E-state index contributed by atoms with van der Waals surface area (Å²) in [5.74, 6) is -2.52. The Hall–Kier alpha value is -2.46. The Kier molecular flexibility index (Phi) is 15.7. The van der Waals surface area contributed by atoms with Gasteiger partial charge in [0.05, 0.1) is 30.3 Å². The quantitative estimate of drug-likeness (QED) is 0.101. The number of esters is 1. The van der Waals surface area contributed by atoms with Crippen LogP contribution in [0.4, 0.5) is 4.79 Å². The zero-order chi connectivity index (χ0) is 32.3. The van der Waals surface area contributed by atoms with Gasteiger partial charge in [-0.2, -0.15) is 0 Å². The van der Waals surface area contributed by atoms with E-state index in [4.69, 9.17) is 15.2 Å². The lowest BCUT2D eigenvalue weighted by Crippen LogP contribution is -2.47. The van der Waals surface area contributed by atoms with E-state index in [1.807, 2.05) is 53.7 Å². The monoisotopic (exact) mass is 593 g/mol. The number of ether oxygens (including phenoxy) is 2. The molecule has 0 spiro atoms. The third-order valence-electron chi connectivity index (χ3n) is 8.62. The maximum absolute atomic E-state index is 12.0. The Bertz CT molecular complexity index is 962. The highest BCUT2D eigenvalue weighted by Gasteiger charge is 2.41. The van der Waals surface area contributed by atoms with Crippen LogP contribution in [-0.2, 0) is 14.3 Å². The molecule has 0 aliphatic carbocycles. The molecule has 1 aliphatic rings. The Morgan fingerprint density at radius 2 is 1.64 bits per heavy atom. The lowest BCUT2D eigenvalue weighted by Gasteiger charge is -2.36. The van der Waals surface area contributed by atoms with Gasteiger partial charge >= 0.3 is 12.1 Å². The molecule has 13 atom stereocenters. The zero-order valence-corrected chi connectivity index (χ0v) is 26.6. The van der Waals surface area contributed by atoms with E-state index in [0.717, 1.165) is 5.57 Å². The van der Waals surface area contributed by atoms with Gasteiger partial charge < -0.3 is 35.6 Å². The van der Waals surface area contributed by atoms with Crippen LogP contribution in [0.2, 0.25) is 0 Å². The van der Waals surface area contributed by atoms with Crippen LogP contribution in [0.3, 0.4) is 0 Å². The summed E-state index contributed by atoms with van der Waals surface area (Å²) in [6.45, 7) is 18.5. The van der Waals surface area contributed by atoms with E-state index in [1.54, 1.807) is 38.2 Å². The number of allylic oxidation sites excluding steroid dienone is 3. The van der Waals surface area contributed by atoms with E-state index in [0.29, 0.717) is 6.42 Å². The number of cyclic esters (lactones) is 1. The van der Waals surface area contributed by atoms with Crippen molar-refractivity contribution in [3.05, 3.63) is 48.6 Å². The number of primary amides is 1. The molecule has 6 N–H and O–H groups in total. The molecule has 0 saturated carbocycles. The van der Waals surface area contributed by atoms with Crippen LogP contribution in [0.25, 0.3) is 0 Å². The van der Waals surface area contributed by atoms with Crippen molar-refractivity contribution in [2.75, 3.05) is 0 Å². The standard InChI is InChI=1S/C33H55NO8/c1-10-11-12-20(4)31(42-33(34)40)24(8)29(37)22(6)16-18(2)15-21(5)28(36)19(3)13-14-26(35)17-27-23(7)30(38)25(9)32(39)41-27/h10-15,19-31,35-38H,1,16-17H2,2-9H3,(H2,34,40)/t19-,20-,21-,22-,23-,24-,25+,26+,27-,28-,29+,30-,31-/m0/s1. The van der Waals surface area contributed by atoms with Crippen molar-refractivity contribution < 1.29 is 39.5 Å². The van der Waals surface area contributed by atoms with E-state index in [9.17, 15) is 30.0 Å². The van der Waals surface area contributed by atoms with Gasteiger partial charge in [-0.15, -0.1) is 0 Å². The second kappa shape index (κ2) is 17.6. The minimum Gasteiger partial charge on any atom is -0.462 e. The topological polar surface area (TPSA) is 160 Å². The SMILES string of the molecule is C=CC=C[C@H](C)[C@H](OC(N)=O)[C@@H](C)[C@H](O)[C@@H](C)CC(C)=C[C@H](C)[C@@H](O)[C@@H](C)C=C[C@@H](O)C[C@@H]1OC(=O)[C@H](C)[C@@H](O)[C@H]1C. The first-order valence-electron chi connectivity index (χ1n) is 15.0. The van der Waals surface area contributed by atoms with Gasteiger partial charge in [-0.3, -0.25) is 4.79 Å². The summed E-state index contributed by atoms with van der Waals surface area (Å²) < 4.78 is 10.8. The first-order valence-corrected chi connectivity index (χ1v) is 15.0. The van der Waals surface area contributed by atoms with Crippen LogP contribution in [0, 0.1) is 41.4 Å². The number of aliphatic hydroxyl groups excluding tert-OH is 4. The van der Waals surface area contributed by atoms with Gasteiger partial charge in [-0.05, 0) is 26.2 Å². The lowest BCUT2D eigenvalue weighted by molar-refractivity contribution is -0.179. The van der Waals surface area contributed by atoms with E-state index in [2.05, 4.69) is 6.58 Å². The van der Waals surface area contributed by atoms with Crippen LogP contribution in [0.5, 0.6) is 0 Å². The maximum atomic E-state index is 12.0. The molecule has 0 bridgehead atoms. The molecule has 240 valence electrons. The molecule has 9 heteroatoms. The third-order valence-corrected chi connectivity index (χ3v) is 8.62. The van der Waals surface area contributed by atoms with Gasteiger partial charge in [0.1, 0.15) is 12.2 Å². The van der Waals surface area contributed by atoms with Crippen molar-refractivity contribution in [1.29, 1.82) is 0 Å². The minimum absolute atomic E-state index is 0.152. The highest BCUT2D eigenvalue weighted by atomic mass is 16.6. The normalized spacial score (nSPS) is 28.3. The van der Waals surface area contributed by atoms with Crippen LogP contribution in [0.1, 0.15) is 68.2 Å². The number of carbonyl (C=O) groups is 2. The molecule has 0 aromatic carbocycles. The van der Waals surface area contributed by atoms with Crippen molar-refractivity contribution in [1.82, 2.24) is 0 Å². The average Bonchev–Trinajstić information content (AvgIpc) is 2.93. The van der Waals surface area contributed by atoms with Crippen molar-refractivity contribution >= 4 is 12.1 Å². The second-order valence-corrected chi connectivity index (χ2v) is 12.4. The summed E-state index contributed by atoms with van der Waals surface area (Å²) in [4.78, 5) is 23.5. The fourth-order valence-electron chi connectivity index (χ4n) is 5.80. The maximum Gasteiger partial charge on any atom is 0.404 e. The van der Waals surface area contributed by atoms with Gasteiger partial charge in [-0.25, -0.2) is 4.79 Å². The first kappa shape index (κ1) is 37.6. The molecule has 0 aromatic heterocycles. The Morgan fingerprint density at radius 1 is 1.02 bits per heavy atom. The smallest absolute Gasteiger partial charge is 0.404 e. The zero-order valence-electron chi connectivity index (χ0n) is 26.6. The van der Waals surface area contributed by atoms with Gasteiger partial charge in [0.2, 0.25) is 0 Å². The molecule has 1 fully saturated rings. The third kappa shape index (κ3) is 11.3. The molecule has 9 nitrogen and oxygen atoms in total. The van der Waals surface area contributed by atoms with Crippen molar-refractivity contribution in [3.63, 3.8) is 0 Å². The first-order chi connectivity index (χ1) is 19.5. The van der Waals surface area contributed by atoms with Crippen molar-refractivity contribution in [2.45, 2.75) is 105 Å². The molecule has 1 amide bonds. The molecular formula is C33H55NO8. The summed E-state index contributed by atoms with van der Waals surface area (Å²) in [5.41, 5.74) is 6.30. The fraction of sp³-hybridized carbons (Fsp3) is 0.697. The summed E-state index contributed by atoms with van der Waals surface area (Å²) in [6.07, 6.45) is 6.04. The summed E-state index contributed by atoms with van der Waals surface area (Å²) >= 11 is 0. The molecule has 0 radical (unpaired) electrons. The summed E-state index contributed by atoms with van der Waals surface area (Å²) in [5, 5.41) is 42.8. The van der Waals surface area contributed by atoms with Crippen LogP contribution in [0.15, 0.2) is 48.6 Å². The number of rotatable bonds is 16. The van der Waals surface area contributed by atoms with E-state index in [-0.39, 0.29) is 41.9 Å². The largest absolute Gasteiger partial charge is 0.462 e. The predicted octanol–water partition coefficient (Wildman–Crippen LogP) is 4.30.